The van der Waals surface area contributed by atoms with Gasteiger partial charge in [0.2, 0.25) is 0 Å². The van der Waals surface area contributed by atoms with Crippen molar-refractivity contribution in [2.45, 2.75) is 13.5 Å². The Hall–Kier alpha value is -2.38. The Labute approximate surface area is 152 Å². The number of hydrogen-bond acceptors (Lipinski definition) is 6. The van der Waals surface area contributed by atoms with E-state index in [1.54, 1.807) is 18.6 Å². The monoisotopic (exact) mass is 354 g/mol. The summed E-state index contributed by atoms with van der Waals surface area (Å²) in [6, 6.07) is 5.78. The topological polar surface area (TPSA) is 77.4 Å². The van der Waals surface area contributed by atoms with E-state index in [9.17, 15) is 4.79 Å². The fourth-order valence-corrected chi connectivity index (χ4v) is 3.70. The molecule has 0 aliphatic carbocycles. The van der Waals surface area contributed by atoms with Gasteiger partial charge in [0.1, 0.15) is 5.69 Å². The average Bonchev–Trinajstić information content (AvgIpc) is 3.20. The second-order valence-electron chi connectivity index (χ2n) is 7.12. The van der Waals surface area contributed by atoms with E-state index in [-0.39, 0.29) is 17.2 Å². The SMILES string of the molecule is Cc1cnc(C(=O)N2C[C@@H]3COC[C@]3(COCc3ccccn3)C2)cn1. The molecular weight excluding hydrogens is 332 g/mol. The maximum atomic E-state index is 12.8. The number of nitrogens with zero attached hydrogens (tertiary/aromatic N) is 4. The molecule has 0 unspecified atom stereocenters. The largest absolute Gasteiger partial charge is 0.380 e. The first-order chi connectivity index (χ1) is 12.7. The van der Waals surface area contributed by atoms with Gasteiger partial charge >= 0.3 is 0 Å². The Morgan fingerprint density at radius 2 is 2.27 bits per heavy atom. The van der Waals surface area contributed by atoms with Crippen molar-refractivity contribution in [3.63, 3.8) is 0 Å². The molecule has 7 heteroatoms. The molecule has 4 rings (SSSR count). The highest BCUT2D eigenvalue weighted by molar-refractivity contribution is 5.92. The smallest absolute Gasteiger partial charge is 0.274 e. The zero-order chi connectivity index (χ0) is 18.0. The maximum absolute atomic E-state index is 12.8. The van der Waals surface area contributed by atoms with Crippen LogP contribution in [-0.4, -0.2) is 58.7 Å². The molecule has 1 amide bonds. The lowest BCUT2D eigenvalue weighted by Crippen LogP contribution is -2.37. The Balaban J connectivity index is 1.41. The molecule has 2 aromatic rings. The van der Waals surface area contributed by atoms with Gasteiger partial charge in [0, 0.05) is 36.8 Å². The van der Waals surface area contributed by atoms with Gasteiger partial charge < -0.3 is 14.4 Å². The summed E-state index contributed by atoms with van der Waals surface area (Å²) in [4.78, 5) is 27.3. The molecule has 2 fully saturated rings. The lowest BCUT2D eigenvalue weighted by molar-refractivity contribution is 0.0174. The third-order valence-electron chi connectivity index (χ3n) is 5.17. The van der Waals surface area contributed by atoms with Gasteiger partial charge in [0.25, 0.3) is 5.91 Å². The molecule has 2 aliphatic heterocycles. The summed E-state index contributed by atoms with van der Waals surface area (Å²) in [5.74, 6) is 0.213. The van der Waals surface area contributed by atoms with Crippen molar-refractivity contribution in [2.24, 2.45) is 11.3 Å². The van der Waals surface area contributed by atoms with E-state index < -0.39 is 0 Å². The third kappa shape index (κ3) is 3.32. The Bertz CT molecular complexity index is 768. The van der Waals surface area contributed by atoms with E-state index in [0.717, 1.165) is 11.4 Å². The zero-order valence-electron chi connectivity index (χ0n) is 14.8. The van der Waals surface area contributed by atoms with Crippen molar-refractivity contribution in [3.8, 4) is 0 Å². The Morgan fingerprint density at radius 1 is 1.35 bits per heavy atom. The summed E-state index contributed by atoms with van der Waals surface area (Å²) < 4.78 is 11.7. The van der Waals surface area contributed by atoms with Crippen LogP contribution in [-0.2, 0) is 16.1 Å². The van der Waals surface area contributed by atoms with Crippen LogP contribution in [0.4, 0.5) is 0 Å². The summed E-state index contributed by atoms with van der Waals surface area (Å²) in [5.41, 5.74) is 1.94. The predicted molar refractivity (Wildman–Crippen MR) is 93.3 cm³/mol. The molecule has 0 aromatic carbocycles. The Morgan fingerprint density at radius 3 is 3.04 bits per heavy atom. The summed E-state index contributed by atoms with van der Waals surface area (Å²) in [7, 11) is 0. The quantitative estimate of drug-likeness (QED) is 0.809. The van der Waals surface area contributed by atoms with Crippen LogP contribution in [0, 0.1) is 18.3 Å². The molecule has 0 saturated carbocycles. The van der Waals surface area contributed by atoms with E-state index in [2.05, 4.69) is 15.0 Å². The molecule has 2 aromatic heterocycles. The number of carbonyl (C=O) groups excluding carboxylic acids is 1. The van der Waals surface area contributed by atoms with E-state index in [1.807, 2.05) is 30.0 Å². The predicted octanol–water partition coefficient (Wildman–Crippen LogP) is 1.49. The molecule has 0 spiro atoms. The van der Waals surface area contributed by atoms with Crippen LogP contribution in [0.2, 0.25) is 0 Å². The summed E-state index contributed by atoms with van der Waals surface area (Å²) in [6.45, 7) is 5.44. The van der Waals surface area contributed by atoms with Crippen molar-refractivity contribution in [1.82, 2.24) is 19.9 Å². The molecule has 26 heavy (non-hydrogen) atoms. The van der Waals surface area contributed by atoms with Crippen molar-refractivity contribution in [1.29, 1.82) is 0 Å². The van der Waals surface area contributed by atoms with Crippen molar-refractivity contribution in [3.05, 3.63) is 53.9 Å². The first-order valence-corrected chi connectivity index (χ1v) is 8.80. The first-order valence-electron chi connectivity index (χ1n) is 8.80. The van der Waals surface area contributed by atoms with Gasteiger partial charge in [0.05, 0.1) is 44.0 Å². The summed E-state index contributed by atoms with van der Waals surface area (Å²) in [5, 5.41) is 0. The highest BCUT2D eigenvalue weighted by Gasteiger charge is 2.52. The van der Waals surface area contributed by atoms with Gasteiger partial charge in [0.15, 0.2) is 0 Å². The van der Waals surface area contributed by atoms with Crippen LogP contribution in [0.15, 0.2) is 36.8 Å². The number of ether oxygens (including phenoxy) is 2. The fraction of sp³-hybridized carbons (Fsp3) is 0.474. The number of hydrogen-bond donors (Lipinski definition) is 0. The minimum absolute atomic E-state index is 0.0731. The number of likely N-dealkylation sites (tertiary alicyclic amines) is 1. The van der Waals surface area contributed by atoms with E-state index in [1.165, 1.54) is 0 Å². The van der Waals surface area contributed by atoms with Crippen LogP contribution in [0.3, 0.4) is 0 Å². The third-order valence-corrected chi connectivity index (χ3v) is 5.17. The van der Waals surface area contributed by atoms with Gasteiger partial charge in [-0.2, -0.15) is 0 Å². The molecule has 2 aliphatic rings. The average molecular weight is 354 g/mol. The lowest BCUT2D eigenvalue weighted by atomic mass is 9.82. The van der Waals surface area contributed by atoms with Crippen LogP contribution in [0.5, 0.6) is 0 Å². The second kappa shape index (κ2) is 7.09. The number of carbonyl (C=O) groups is 1. The Kier molecular flexibility index (Phi) is 4.65. The molecular formula is C19H22N4O3. The number of fused-ring (bicyclic) bond motifs is 1. The van der Waals surface area contributed by atoms with Gasteiger partial charge in [-0.25, -0.2) is 4.98 Å². The number of aromatic nitrogens is 3. The van der Waals surface area contributed by atoms with Crippen LogP contribution in [0.1, 0.15) is 21.9 Å². The number of rotatable bonds is 5. The van der Waals surface area contributed by atoms with Crippen molar-refractivity contribution in [2.75, 3.05) is 32.9 Å². The van der Waals surface area contributed by atoms with Crippen LogP contribution < -0.4 is 0 Å². The molecule has 0 N–H and O–H groups in total. The van der Waals surface area contributed by atoms with Gasteiger partial charge in [-0.05, 0) is 19.1 Å². The normalized spacial score (nSPS) is 24.7. The zero-order valence-corrected chi connectivity index (χ0v) is 14.8. The fourth-order valence-electron chi connectivity index (χ4n) is 3.70. The van der Waals surface area contributed by atoms with Crippen molar-refractivity contribution >= 4 is 5.91 Å². The molecule has 4 heterocycles. The highest BCUT2D eigenvalue weighted by Crippen LogP contribution is 2.42. The lowest BCUT2D eigenvalue weighted by Gasteiger charge is -2.26. The van der Waals surface area contributed by atoms with E-state index in [4.69, 9.17) is 9.47 Å². The molecule has 136 valence electrons. The number of pyridine rings is 1. The first kappa shape index (κ1) is 17.1. The minimum atomic E-state index is -0.150. The van der Waals surface area contributed by atoms with E-state index in [0.29, 0.717) is 45.2 Å². The van der Waals surface area contributed by atoms with Gasteiger partial charge in [-0.15, -0.1) is 0 Å². The van der Waals surface area contributed by atoms with Crippen LogP contribution in [0.25, 0.3) is 0 Å². The second-order valence-corrected chi connectivity index (χ2v) is 7.12. The summed E-state index contributed by atoms with van der Waals surface area (Å²) in [6.07, 6.45) is 4.93. The molecule has 2 saturated heterocycles. The number of amides is 1. The van der Waals surface area contributed by atoms with E-state index >= 15 is 0 Å². The standard InChI is InChI=1S/C19H22N4O3/c1-14-6-22-17(7-21-14)18(24)23-8-15-9-25-12-19(15,11-23)13-26-10-16-4-2-3-5-20-16/h2-7,15H,8-13H2,1H3/t15-,19+/m1/s1. The number of aryl methyl sites for hydroxylation is 1. The molecule has 0 radical (unpaired) electrons. The molecule has 2 atom stereocenters. The maximum Gasteiger partial charge on any atom is 0.274 e. The molecule has 0 bridgehead atoms. The minimum Gasteiger partial charge on any atom is -0.380 e. The van der Waals surface area contributed by atoms with Crippen molar-refractivity contribution < 1.29 is 14.3 Å². The summed E-state index contributed by atoms with van der Waals surface area (Å²) >= 11 is 0. The van der Waals surface area contributed by atoms with Crippen LogP contribution >= 0.6 is 0 Å². The highest BCUT2D eigenvalue weighted by atomic mass is 16.5. The molecule has 7 nitrogen and oxygen atoms in total. The van der Waals surface area contributed by atoms with Gasteiger partial charge in [-0.3, -0.25) is 14.8 Å². The van der Waals surface area contributed by atoms with Gasteiger partial charge in [-0.1, -0.05) is 6.07 Å².